The quantitative estimate of drug-likeness (QED) is 0.305. The van der Waals surface area contributed by atoms with Crippen molar-refractivity contribution in [3.05, 3.63) is 77.9 Å². The Bertz CT molecular complexity index is 1740. The second-order valence-electron chi connectivity index (χ2n) is 11.2. The summed E-state index contributed by atoms with van der Waals surface area (Å²) in [7, 11) is -3.21. The summed E-state index contributed by atoms with van der Waals surface area (Å²) in [4.78, 5) is 39.9. The second kappa shape index (κ2) is 13.6. The maximum absolute atomic E-state index is 13.2. The molecule has 2 fully saturated rings. The minimum atomic E-state index is -4.99. The van der Waals surface area contributed by atoms with Gasteiger partial charge in [0.25, 0.3) is 5.91 Å². The van der Waals surface area contributed by atoms with E-state index in [4.69, 9.17) is 5.11 Å². The monoisotopic (exact) mass is 675 g/mol. The summed E-state index contributed by atoms with van der Waals surface area (Å²) in [6, 6.07) is 15.6. The van der Waals surface area contributed by atoms with Gasteiger partial charge in [-0.05, 0) is 60.0 Å². The van der Waals surface area contributed by atoms with Crippen LogP contribution in [-0.4, -0.2) is 96.9 Å². The van der Waals surface area contributed by atoms with Gasteiger partial charge in [-0.15, -0.1) is 13.2 Å². The van der Waals surface area contributed by atoms with Crippen molar-refractivity contribution in [2.45, 2.75) is 25.4 Å². The van der Waals surface area contributed by atoms with Crippen LogP contribution in [0.2, 0.25) is 0 Å². The Morgan fingerprint density at radius 3 is 2.09 bits per heavy atom. The molecule has 2 heterocycles. The van der Waals surface area contributed by atoms with Crippen LogP contribution in [0.1, 0.15) is 22.3 Å². The van der Waals surface area contributed by atoms with Gasteiger partial charge in [-0.1, -0.05) is 24.3 Å². The van der Waals surface area contributed by atoms with E-state index in [1.807, 2.05) is 12.1 Å². The standard InChI is InChI=1S/C31H32F3N5O7S/c1-47(44,45)38-16-14-37(15-17-38)19-20-2-8-23(9-3-20)35-28(40)22-6-4-21(5-7-22)25-18-24(10-11-27(25)46-31(32,33)34)36-29(41)26-12-13-39(26)30(42)43/h2-11,18,26H,12-17,19H2,1H3,(H,35,40)(H,36,41)(H,42,43). The molecule has 0 aliphatic carbocycles. The third kappa shape index (κ3) is 8.58. The minimum absolute atomic E-state index is 0.0101. The number of hydrogen-bond donors (Lipinski definition) is 3. The van der Waals surface area contributed by atoms with Crippen LogP contribution in [-0.2, 0) is 21.4 Å². The van der Waals surface area contributed by atoms with Crippen LogP contribution >= 0.6 is 0 Å². The molecule has 1 atom stereocenters. The molecule has 0 aromatic heterocycles. The molecule has 16 heteroatoms. The van der Waals surface area contributed by atoms with Crippen LogP contribution in [0.3, 0.4) is 0 Å². The highest BCUT2D eigenvalue weighted by molar-refractivity contribution is 7.88. The van der Waals surface area contributed by atoms with Gasteiger partial charge in [0.15, 0.2) is 0 Å². The lowest BCUT2D eigenvalue weighted by molar-refractivity contribution is -0.274. The second-order valence-corrected chi connectivity index (χ2v) is 13.2. The van der Waals surface area contributed by atoms with Gasteiger partial charge in [-0.3, -0.25) is 19.4 Å². The van der Waals surface area contributed by atoms with Crippen molar-refractivity contribution in [3.63, 3.8) is 0 Å². The molecule has 2 aliphatic rings. The maximum Gasteiger partial charge on any atom is 0.573 e. The Balaban J connectivity index is 1.23. The number of carboxylic acid groups (broad SMARTS) is 1. The summed E-state index contributed by atoms with van der Waals surface area (Å²) in [5, 5.41) is 14.5. The van der Waals surface area contributed by atoms with E-state index in [-0.39, 0.29) is 28.9 Å². The lowest BCUT2D eigenvalue weighted by Crippen LogP contribution is -2.56. The zero-order valence-electron chi connectivity index (χ0n) is 25.2. The number of piperazine rings is 1. The summed E-state index contributed by atoms with van der Waals surface area (Å²) in [5.74, 6) is -1.58. The molecule has 5 rings (SSSR count). The van der Waals surface area contributed by atoms with Crippen molar-refractivity contribution in [3.8, 4) is 16.9 Å². The summed E-state index contributed by atoms with van der Waals surface area (Å²) in [6.07, 6.45) is -4.71. The molecular formula is C31H32F3N5O7S. The third-order valence-corrected chi connectivity index (χ3v) is 9.22. The highest BCUT2D eigenvalue weighted by Crippen LogP contribution is 2.36. The molecule has 2 saturated heterocycles. The molecule has 0 radical (unpaired) electrons. The maximum atomic E-state index is 13.2. The van der Waals surface area contributed by atoms with Gasteiger partial charge in [0.05, 0.1) is 6.26 Å². The predicted octanol–water partition coefficient (Wildman–Crippen LogP) is 4.27. The number of hydrogen-bond acceptors (Lipinski definition) is 7. The van der Waals surface area contributed by atoms with Crippen LogP contribution in [0.15, 0.2) is 66.7 Å². The Morgan fingerprint density at radius 2 is 1.53 bits per heavy atom. The average Bonchev–Trinajstić information content (AvgIpc) is 2.97. The van der Waals surface area contributed by atoms with E-state index >= 15 is 0 Å². The van der Waals surface area contributed by atoms with Gasteiger partial charge in [0.2, 0.25) is 15.9 Å². The van der Waals surface area contributed by atoms with Crippen LogP contribution in [0.4, 0.5) is 29.3 Å². The fraction of sp³-hybridized carbons (Fsp3) is 0.323. The molecule has 47 heavy (non-hydrogen) atoms. The lowest BCUT2D eigenvalue weighted by atomic mass is 10.0. The number of ether oxygens (including phenoxy) is 1. The van der Waals surface area contributed by atoms with Crippen LogP contribution in [0, 0.1) is 0 Å². The molecule has 1 unspecified atom stereocenters. The first-order valence-corrected chi connectivity index (χ1v) is 16.4. The van der Waals surface area contributed by atoms with E-state index in [0.717, 1.165) is 16.5 Å². The first-order chi connectivity index (χ1) is 22.2. The van der Waals surface area contributed by atoms with E-state index in [1.54, 1.807) is 12.1 Å². The molecule has 3 N–H and O–H groups in total. The van der Waals surface area contributed by atoms with Crippen molar-refractivity contribution in [2.75, 3.05) is 49.6 Å². The number of halogens is 3. The summed E-state index contributed by atoms with van der Waals surface area (Å²) in [6.45, 7) is 2.90. The van der Waals surface area contributed by atoms with Crippen molar-refractivity contribution in [1.82, 2.24) is 14.1 Å². The number of nitrogens with zero attached hydrogens (tertiary/aromatic N) is 3. The largest absolute Gasteiger partial charge is 0.573 e. The van der Waals surface area contributed by atoms with E-state index < -0.39 is 46.1 Å². The van der Waals surface area contributed by atoms with Crippen LogP contribution in [0.5, 0.6) is 5.75 Å². The Hall–Kier alpha value is -4.67. The smallest absolute Gasteiger partial charge is 0.465 e. The van der Waals surface area contributed by atoms with Crippen LogP contribution < -0.4 is 15.4 Å². The number of rotatable bonds is 9. The van der Waals surface area contributed by atoms with E-state index in [9.17, 15) is 36.0 Å². The van der Waals surface area contributed by atoms with E-state index in [2.05, 4.69) is 20.3 Å². The number of nitrogens with one attached hydrogen (secondary N) is 2. The highest BCUT2D eigenvalue weighted by Gasteiger charge is 2.38. The Kier molecular flexibility index (Phi) is 9.74. The van der Waals surface area contributed by atoms with Crippen molar-refractivity contribution in [1.29, 1.82) is 0 Å². The van der Waals surface area contributed by atoms with E-state index in [1.165, 1.54) is 47.0 Å². The number of carbonyl (C=O) groups excluding carboxylic acids is 2. The van der Waals surface area contributed by atoms with Crippen molar-refractivity contribution >= 4 is 39.3 Å². The first kappa shape index (κ1) is 33.7. The Labute approximate surface area is 268 Å². The zero-order valence-corrected chi connectivity index (χ0v) is 26.0. The summed E-state index contributed by atoms with van der Waals surface area (Å²) in [5.41, 5.74) is 2.16. The number of alkyl halides is 3. The fourth-order valence-corrected chi connectivity index (χ4v) is 6.16. The van der Waals surface area contributed by atoms with Gasteiger partial charge >= 0.3 is 12.5 Å². The number of amides is 3. The number of anilines is 2. The lowest BCUT2D eigenvalue weighted by Gasteiger charge is -2.37. The highest BCUT2D eigenvalue weighted by atomic mass is 32.2. The Morgan fingerprint density at radius 1 is 0.894 bits per heavy atom. The SMILES string of the molecule is CS(=O)(=O)N1CCN(Cc2ccc(NC(=O)c3ccc(-c4cc(NC(=O)C5CCN5C(=O)O)ccc4OC(F)(F)F)cc3)cc2)CC1. The molecule has 0 spiro atoms. The zero-order chi connectivity index (χ0) is 33.9. The summed E-state index contributed by atoms with van der Waals surface area (Å²) >= 11 is 0. The third-order valence-electron chi connectivity index (χ3n) is 7.92. The van der Waals surface area contributed by atoms with E-state index in [0.29, 0.717) is 44.8 Å². The van der Waals surface area contributed by atoms with Crippen LogP contribution in [0.25, 0.3) is 11.1 Å². The molecule has 3 aromatic carbocycles. The van der Waals surface area contributed by atoms with Gasteiger partial charge in [-0.25, -0.2) is 13.2 Å². The number of benzene rings is 3. The average molecular weight is 676 g/mol. The first-order valence-electron chi connectivity index (χ1n) is 14.5. The molecule has 0 saturated carbocycles. The molecule has 3 aromatic rings. The molecule has 0 bridgehead atoms. The van der Waals surface area contributed by atoms with Crippen molar-refractivity contribution in [2.24, 2.45) is 0 Å². The molecule has 12 nitrogen and oxygen atoms in total. The molecule has 2 aliphatic heterocycles. The normalized spacial score (nSPS) is 17.4. The summed E-state index contributed by atoms with van der Waals surface area (Å²) < 4.78 is 68.6. The number of carbonyl (C=O) groups is 3. The topological polar surface area (TPSA) is 149 Å². The van der Waals surface area contributed by atoms with Gasteiger partial charge in [0, 0.05) is 61.8 Å². The molecular weight excluding hydrogens is 643 g/mol. The van der Waals surface area contributed by atoms with Gasteiger partial charge < -0.3 is 20.5 Å². The molecule has 3 amide bonds. The number of likely N-dealkylation sites (tertiary alicyclic amines) is 1. The minimum Gasteiger partial charge on any atom is -0.465 e. The molecule has 250 valence electrons. The number of sulfonamides is 1. The fourth-order valence-electron chi connectivity index (χ4n) is 5.34. The van der Waals surface area contributed by atoms with Gasteiger partial charge in [-0.2, -0.15) is 4.31 Å². The van der Waals surface area contributed by atoms with Gasteiger partial charge in [0.1, 0.15) is 11.8 Å². The predicted molar refractivity (Wildman–Crippen MR) is 166 cm³/mol. The van der Waals surface area contributed by atoms with Crippen molar-refractivity contribution < 1.29 is 45.8 Å².